The molecule has 0 amide bonds. The van der Waals surface area contributed by atoms with Crippen molar-refractivity contribution in [2.24, 2.45) is 5.84 Å². The second kappa shape index (κ2) is 6.78. The summed E-state index contributed by atoms with van der Waals surface area (Å²) in [5.74, 6) is 6.39. The molecule has 1 unspecified atom stereocenters. The zero-order valence-corrected chi connectivity index (χ0v) is 13.8. The van der Waals surface area contributed by atoms with Gasteiger partial charge in [0.25, 0.3) is 0 Å². The topological polar surface area (TPSA) is 47.3 Å². The van der Waals surface area contributed by atoms with Gasteiger partial charge in [-0.2, -0.15) is 0 Å². The highest BCUT2D eigenvalue weighted by molar-refractivity contribution is 9.10. The predicted octanol–water partition coefficient (Wildman–Crippen LogP) is 4.32. The minimum atomic E-state index is -0.316. The van der Waals surface area contributed by atoms with Crippen LogP contribution in [0.3, 0.4) is 0 Å². The number of nitrogens with two attached hydrogens (primary N) is 1. The molecule has 0 heterocycles. The van der Waals surface area contributed by atoms with Crippen LogP contribution in [0.25, 0.3) is 0 Å². The van der Waals surface area contributed by atoms with E-state index in [-0.39, 0.29) is 6.04 Å². The van der Waals surface area contributed by atoms with Crippen LogP contribution in [-0.4, -0.2) is 7.11 Å². The molecule has 3 nitrogen and oxygen atoms in total. The SMILES string of the molecule is COc1ccc(Cl)cc1C(NN)c1ccc(Br)cc1Cl. The summed E-state index contributed by atoms with van der Waals surface area (Å²) in [7, 11) is 1.60. The predicted molar refractivity (Wildman–Crippen MR) is 86.3 cm³/mol. The third-order valence-electron chi connectivity index (χ3n) is 2.94. The fraction of sp³-hybridized carbons (Fsp3) is 0.143. The van der Waals surface area contributed by atoms with Crippen LogP contribution in [0.15, 0.2) is 40.9 Å². The second-order valence-electron chi connectivity index (χ2n) is 4.15. The molecule has 106 valence electrons. The Balaban J connectivity index is 2.54. The molecule has 2 rings (SSSR count). The third kappa shape index (κ3) is 3.27. The van der Waals surface area contributed by atoms with Crippen molar-refractivity contribution in [2.75, 3.05) is 7.11 Å². The van der Waals surface area contributed by atoms with Gasteiger partial charge < -0.3 is 4.74 Å². The lowest BCUT2D eigenvalue weighted by atomic mass is 9.98. The molecular formula is C14H13BrCl2N2O. The molecule has 1 atom stereocenters. The number of hydrogen-bond acceptors (Lipinski definition) is 3. The molecule has 20 heavy (non-hydrogen) atoms. The highest BCUT2D eigenvalue weighted by Crippen LogP contribution is 2.35. The van der Waals surface area contributed by atoms with Gasteiger partial charge in [-0.25, -0.2) is 5.43 Å². The molecule has 0 bridgehead atoms. The quantitative estimate of drug-likeness (QED) is 0.618. The minimum absolute atomic E-state index is 0.316. The number of nitrogens with one attached hydrogen (secondary N) is 1. The van der Waals surface area contributed by atoms with E-state index in [1.165, 1.54) is 0 Å². The summed E-state index contributed by atoms with van der Waals surface area (Å²) in [4.78, 5) is 0. The first-order valence-electron chi connectivity index (χ1n) is 5.81. The van der Waals surface area contributed by atoms with Crippen LogP contribution >= 0.6 is 39.1 Å². The van der Waals surface area contributed by atoms with Crippen molar-refractivity contribution in [2.45, 2.75) is 6.04 Å². The van der Waals surface area contributed by atoms with Crippen LogP contribution in [-0.2, 0) is 0 Å². The number of hydrazine groups is 1. The fourth-order valence-corrected chi connectivity index (χ4v) is 2.98. The Morgan fingerprint density at radius 2 is 1.90 bits per heavy atom. The molecule has 0 radical (unpaired) electrons. The van der Waals surface area contributed by atoms with E-state index in [2.05, 4.69) is 21.4 Å². The maximum absolute atomic E-state index is 6.29. The molecule has 2 aromatic rings. The van der Waals surface area contributed by atoms with Crippen LogP contribution in [0.5, 0.6) is 5.75 Å². The van der Waals surface area contributed by atoms with Gasteiger partial charge in [-0.05, 0) is 35.9 Å². The molecule has 6 heteroatoms. The first-order valence-corrected chi connectivity index (χ1v) is 7.36. The van der Waals surface area contributed by atoms with E-state index in [1.807, 2.05) is 24.3 Å². The van der Waals surface area contributed by atoms with Gasteiger partial charge in [-0.15, -0.1) is 0 Å². The number of rotatable bonds is 4. The van der Waals surface area contributed by atoms with Crippen LogP contribution < -0.4 is 16.0 Å². The smallest absolute Gasteiger partial charge is 0.124 e. The highest BCUT2D eigenvalue weighted by atomic mass is 79.9. The summed E-state index contributed by atoms with van der Waals surface area (Å²) < 4.78 is 6.26. The van der Waals surface area contributed by atoms with E-state index in [4.69, 9.17) is 33.8 Å². The zero-order valence-electron chi connectivity index (χ0n) is 10.7. The van der Waals surface area contributed by atoms with Gasteiger partial charge in [0.1, 0.15) is 5.75 Å². The van der Waals surface area contributed by atoms with Crippen LogP contribution in [0.1, 0.15) is 17.2 Å². The number of hydrogen-bond donors (Lipinski definition) is 2. The van der Waals surface area contributed by atoms with Crippen molar-refractivity contribution < 1.29 is 4.74 Å². The summed E-state index contributed by atoms with van der Waals surface area (Å²) in [6.45, 7) is 0. The van der Waals surface area contributed by atoms with Crippen molar-refractivity contribution in [3.05, 3.63) is 62.0 Å². The maximum Gasteiger partial charge on any atom is 0.124 e. The largest absolute Gasteiger partial charge is 0.496 e. The van der Waals surface area contributed by atoms with Gasteiger partial charge >= 0.3 is 0 Å². The lowest BCUT2D eigenvalue weighted by Crippen LogP contribution is -2.29. The number of methoxy groups -OCH3 is 1. The van der Waals surface area contributed by atoms with E-state index in [0.717, 1.165) is 15.6 Å². The summed E-state index contributed by atoms with van der Waals surface area (Å²) in [5, 5.41) is 1.21. The van der Waals surface area contributed by atoms with Crippen molar-refractivity contribution in [3.8, 4) is 5.75 Å². The van der Waals surface area contributed by atoms with Gasteiger partial charge in [0.15, 0.2) is 0 Å². The molecule has 0 aliphatic carbocycles. The Morgan fingerprint density at radius 3 is 2.50 bits per heavy atom. The Labute approximate surface area is 136 Å². The van der Waals surface area contributed by atoms with Crippen molar-refractivity contribution in [3.63, 3.8) is 0 Å². The third-order valence-corrected chi connectivity index (χ3v) is 4.00. The normalized spacial score (nSPS) is 12.2. The van der Waals surface area contributed by atoms with Gasteiger partial charge in [-0.3, -0.25) is 5.84 Å². The van der Waals surface area contributed by atoms with Crippen molar-refractivity contribution in [1.29, 1.82) is 0 Å². The number of benzene rings is 2. The average Bonchev–Trinajstić information content (AvgIpc) is 2.42. The van der Waals surface area contributed by atoms with Gasteiger partial charge in [0.2, 0.25) is 0 Å². The molecule has 0 saturated heterocycles. The van der Waals surface area contributed by atoms with Crippen LogP contribution in [0, 0.1) is 0 Å². The molecule has 0 aromatic heterocycles. The summed E-state index contributed by atoms with van der Waals surface area (Å²) in [6, 6.07) is 10.7. The van der Waals surface area contributed by atoms with Crippen molar-refractivity contribution in [1.82, 2.24) is 5.43 Å². The van der Waals surface area contributed by atoms with E-state index < -0.39 is 0 Å². The number of ether oxygens (including phenoxy) is 1. The molecule has 0 fully saturated rings. The summed E-state index contributed by atoms with van der Waals surface area (Å²) >= 11 is 15.7. The Hall–Kier alpha value is -0.780. The molecule has 2 aromatic carbocycles. The Bertz CT molecular complexity index is 622. The molecule has 0 aliphatic heterocycles. The zero-order chi connectivity index (χ0) is 14.7. The van der Waals surface area contributed by atoms with Crippen LogP contribution in [0.2, 0.25) is 10.0 Å². The minimum Gasteiger partial charge on any atom is -0.496 e. The van der Waals surface area contributed by atoms with E-state index in [9.17, 15) is 0 Å². The first kappa shape index (κ1) is 15.6. The van der Waals surface area contributed by atoms with E-state index in [1.54, 1.807) is 19.2 Å². The van der Waals surface area contributed by atoms with Gasteiger partial charge in [-0.1, -0.05) is 45.2 Å². The summed E-state index contributed by atoms with van der Waals surface area (Å²) in [5.41, 5.74) is 4.43. The van der Waals surface area contributed by atoms with Crippen molar-refractivity contribution >= 4 is 39.1 Å². The lowest BCUT2D eigenvalue weighted by Gasteiger charge is -2.21. The molecule has 0 aliphatic rings. The average molecular weight is 376 g/mol. The lowest BCUT2D eigenvalue weighted by molar-refractivity contribution is 0.404. The monoisotopic (exact) mass is 374 g/mol. The van der Waals surface area contributed by atoms with E-state index in [0.29, 0.717) is 15.8 Å². The van der Waals surface area contributed by atoms with E-state index >= 15 is 0 Å². The molecular weight excluding hydrogens is 363 g/mol. The molecule has 0 saturated carbocycles. The Kier molecular flexibility index (Phi) is 5.29. The molecule has 0 spiro atoms. The fourth-order valence-electron chi connectivity index (χ4n) is 2.01. The maximum atomic E-state index is 6.29. The number of halogens is 3. The Morgan fingerprint density at radius 1 is 1.15 bits per heavy atom. The molecule has 3 N–H and O–H groups in total. The summed E-state index contributed by atoms with van der Waals surface area (Å²) in [6.07, 6.45) is 0. The standard InChI is InChI=1S/C14H13BrCl2N2O/c1-20-13-5-3-9(16)7-11(13)14(19-18)10-4-2-8(15)6-12(10)17/h2-7,14,19H,18H2,1H3. The van der Waals surface area contributed by atoms with Gasteiger partial charge in [0, 0.05) is 20.1 Å². The first-order chi connectivity index (χ1) is 9.56. The highest BCUT2D eigenvalue weighted by Gasteiger charge is 2.20. The van der Waals surface area contributed by atoms with Crippen LogP contribution in [0.4, 0.5) is 0 Å². The second-order valence-corrected chi connectivity index (χ2v) is 5.91. The van der Waals surface area contributed by atoms with Gasteiger partial charge in [0.05, 0.1) is 13.2 Å².